The van der Waals surface area contributed by atoms with Gasteiger partial charge in [0.15, 0.2) is 5.16 Å². The van der Waals surface area contributed by atoms with Crippen LogP contribution in [0, 0.1) is 0 Å². The molecule has 0 radical (unpaired) electrons. The summed E-state index contributed by atoms with van der Waals surface area (Å²) in [7, 11) is -3.78. The van der Waals surface area contributed by atoms with Gasteiger partial charge in [0.1, 0.15) is 4.90 Å². The number of rotatable bonds is 9. The van der Waals surface area contributed by atoms with E-state index in [1.165, 1.54) is 23.9 Å². The van der Waals surface area contributed by atoms with E-state index >= 15 is 0 Å². The molecule has 9 heteroatoms. The lowest BCUT2D eigenvalue weighted by Gasteiger charge is -2.11. The van der Waals surface area contributed by atoms with Gasteiger partial charge in [-0.25, -0.2) is 18.1 Å². The van der Waals surface area contributed by atoms with Gasteiger partial charge < -0.3 is 4.57 Å². The van der Waals surface area contributed by atoms with E-state index < -0.39 is 10.0 Å². The van der Waals surface area contributed by atoms with Gasteiger partial charge in [0, 0.05) is 35.0 Å². The summed E-state index contributed by atoms with van der Waals surface area (Å²) >= 11 is 13.5. The maximum Gasteiger partial charge on any atom is 0.242 e. The van der Waals surface area contributed by atoms with Crippen molar-refractivity contribution < 1.29 is 8.42 Å². The van der Waals surface area contributed by atoms with Gasteiger partial charge in [0.2, 0.25) is 10.0 Å². The van der Waals surface area contributed by atoms with Crippen LogP contribution in [0.1, 0.15) is 6.92 Å². The van der Waals surface area contributed by atoms with E-state index in [1.807, 2.05) is 48.5 Å². The number of thioether (sulfide) groups is 1. The number of hydrogen-bond acceptors (Lipinski definition) is 4. The van der Waals surface area contributed by atoms with Crippen LogP contribution in [0.5, 0.6) is 0 Å². The zero-order valence-corrected chi connectivity index (χ0v) is 21.6. The van der Waals surface area contributed by atoms with Gasteiger partial charge in [-0.3, -0.25) is 0 Å². The molecule has 0 aliphatic heterocycles. The molecule has 0 saturated heterocycles. The van der Waals surface area contributed by atoms with E-state index in [0.717, 1.165) is 34.2 Å². The largest absolute Gasteiger partial charge is 0.319 e. The van der Waals surface area contributed by atoms with Crippen LogP contribution in [0.15, 0.2) is 88.9 Å². The molecule has 0 atom stereocenters. The first kappa shape index (κ1) is 24.8. The second-order valence-corrected chi connectivity index (χ2v) is 11.0. The molecule has 5 nitrogen and oxygen atoms in total. The Hall–Kier alpha value is -2.29. The molecule has 0 amide bonds. The molecule has 0 saturated carbocycles. The standard InChI is InChI=1S/C25H23Cl2N3O2S2/c1-2-30-24(19-11-7-4-8-12-19)23(18-9-5-3-6-10-18)29-25(30)33-16-15-28-34(31,32)22-17-20(26)13-14-21(22)27/h3-14,17,28H,2,15-16H2,1H3. The molecule has 176 valence electrons. The first-order valence-electron chi connectivity index (χ1n) is 10.7. The molecule has 1 N–H and O–H groups in total. The third kappa shape index (κ3) is 5.50. The minimum absolute atomic E-state index is 0.0283. The molecule has 4 rings (SSSR count). The molecule has 0 aliphatic rings. The summed E-state index contributed by atoms with van der Waals surface area (Å²) in [5, 5.41) is 1.28. The van der Waals surface area contributed by atoms with E-state index in [-0.39, 0.29) is 16.5 Å². The molecular formula is C25H23Cl2N3O2S2. The van der Waals surface area contributed by atoms with Gasteiger partial charge in [0.25, 0.3) is 0 Å². The van der Waals surface area contributed by atoms with Crippen molar-refractivity contribution in [2.75, 3.05) is 12.3 Å². The number of hydrogen-bond donors (Lipinski definition) is 1. The van der Waals surface area contributed by atoms with E-state index in [4.69, 9.17) is 28.2 Å². The summed E-state index contributed by atoms with van der Waals surface area (Å²) in [6, 6.07) is 24.6. The average molecular weight is 533 g/mol. The Balaban J connectivity index is 1.57. The second-order valence-electron chi connectivity index (χ2n) is 7.39. The van der Waals surface area contributed by atoms with E-state index in [1.54, 1.807) is 6.07 Å². The van der Waals surface area contributed by atoms with Crippen molar-refractivity contribution in [2.24, 2.45) is 0 Å². The van der Waals surface area contributed by atoms with Gasteiger partial charge in [-0.1, -0.05) is 95.6 Å². The first-order valence-corrected chi connectivity index (χ1v) is 13.9. The monoisotopic (exact) mass is 531 g/mol. The van der Waals surface area contributed by atoms with Crippen LogP contribution in [0.3, 0.4) is 0 Å². The Morgan fingerprint density at radius 3 is 2.24 bits per heavy atom. The first-order chi connectivity index (χ1) is 16.4. The Labute approximate surface area is 214 Å². The summed E-state index contributed by atoms with van der Waals surface area (Å²) < 4.78 is 30.1. The number of imidazole rings is 1. The minimum Gasteiger partial charge on any atom is -0.319 e. The Morgan fingerprint density at radius 2 is 1.59 bits per heavy atom. The fourth-order valence-corrected chi connectivity index (χ4v) is 6.44. The van der Waals surface area contributed by atoms with Crippen LogP contribution in [-0.2, 0) is 16.6 Å². The van der Waals surface area contributed by atoms with Crippen molar-refractivity contribution >= 4 is 45.0 Å². The van der Waals surface area contributed by atoms with Crippen LogP contribution in [0.2, 0.25) is 10.0 Å². The van der Waals surface area contributed by atoms with Gasteiger partial charge in [-0.05, 0) is 25.1 Å². The average Bonchev–Trinajstić information content (AvgIpc) is 3.23. The third-order valence-electron chi connectivity index (χ3n) is 5.15. The van der Waals surface area contributed by atoms with Crippen molar-refractivity contribution in [1.29, 1.82) is 0 Å². The molecule has 0 fully saturated rings. The lowest BCUT2D eigenvalue weighted by molar-refractivity contribution is 0.584. The lowest BCUT2D eigenvalue weighted by Crippen LogP contribution is -2.26. The zero-order chi connectivity index (χ0) is 24.1. The highest BCUT2D eigenvalue weighted by Crippen LogP contribution is 2.35. The summed E-state index contributed by atoms with van der Waals surface area (Å²) in [5.41, 5.74) is 4.07. The fourth-order valence-electron chi connectivity index (χ4n) is 3.60. The summed E-state index contributed by atoms with van der Waals surface area (Å²) in [5.74, 6) is 0.497. The highest BCUT2D eigenvalue weighted by molar-refractivity contribution is 7.99. The molecule has 0 spiro atoms. The van der Waals surface area contributed by atoms with Gasteiger partial charge in [-0.2, -0.15) is 0 Å². The number of nitrogens with zero attached hydrogens (tertiary/aromatic N) is 2. The number of aromatic nitrogens is 2. The van der Waals surface area contributed by atoms with Crippen molar-refractivity contribution in [3.8, 4) is 22.5 Å². The number of sulfonamides is 1. The van der Waals surface area contributed by atoms with Crippen molar-refractivity contribution in [3.05, 3.63) is 88.9 Å². The molecule has 3 aromatic carbocycles. The smallest absolute Gasteiger partial charge is 0.242 e. The number of halogens is 2. The Kier molecular flexibility index (Phi) is 8.01. The summed E-state index contributed by atoms with van der Waals surface area (Å²) in [6.45, 7) is 3.03. The number of nitrogens with one attached hydrogen (secondary N) is 1. The predicted octanol–water partition coefficient (Wildman–Crippen LogP) is 6.61. The molecular weight excluding hydrogens is 509 g/mol. The quantitative estimate of drug-likeness (QED) is 0.195. The van der Waals surface area contributed by atoms with E-state index in [9.17, 15) is 8.42 Å². The maximum absolute atomic E-state index is 12.7. The Morgan fingerprint density at radius 1 is 0.941 bits per heavy atom. The van der Waals surface area contributed by atoms with Crippen molar-refractivity contribution in [1.82, 2.24) is 14.3 Å². The van der Waals surface area contributed by atoms with E-state index in [2.05, 4.69) is 28.3 Å². The van der Waals surface area contributed by atoms with Crippen LogP contribution >= 0.6 is 35.0 Å². The van der Waals surface area contributed by atoms with Crippen molar-refractivity contribution in [3.63, 3.8) is 0 Å². The lowest BCUT2D eigenvalue weighted by atomic mass is 10.0. The summed E-state index contributed by atoms with van der Waals surface area (Å²) in [6.07, 6.45) is 0. The molecule has 0 bridgehead atoms. The number of benzene rings is 3. The minimum atomic E-state index is -3.78. The SMILES string of the molecule is CCn1c(SCCNS(=O)(=O)c2cc(Cl)ccc2Cl)nc(-c2ccccc2)c1-c1ccccc1. The molecule has 1 heterocycles. The molecule has 0 unspecified atom stereocenters. The molecule has 0 aliphatic carbocycles. The molecule has 34 heavy (non-hydrogen) atoms. The highest BCUT2D eigenvalue weighted by atomic mass is 35.5. The molecule has 1 aromatic heterocycles. The normalized spacial score (nSPS) is 11.6. The predicted molar refractivity (Wildman–Crippen MR) is 141 cm³/mol. The van der Waals surface area contributed by atoms with Gasteiger partial charge in [0.05, 0.1) is 16.4 Å². The van der Waals surface area contributed by atoms with Crippen molar-refractivity contribution in [2.45, 2.75) is 23.5 Å². The van der Waals surface area contributed by atoms with Crippen LogP contribution in [-0.4, -0.2) is 30.3 Å². The fraction of sp³-hybridized carbons (Fsp3) is 0.160. The van der Waals surface area contributed by atoms with E-state index in [0.29, 0.717) is 10.8 Å². The van der Waals surface area contributed by atoms with Gasteiger partial charge >= 0.3 is 0 Å². The Bertz CT molecular complexity index is 1380. The summed E-state index contributed by atoms with van der Waals surface area (Å²) in [4.78, 5) is 4.93. The van der Waals surface area contributed by atoms with Crippen LogP contribution < -0.4 is 4.72 Å². The van der Waals surface area contributed by atoms with Crippen LogP contribution in [0.4, 0.5) is 0 Å². The topological polar surface area (TPSA) is 64.0 Å². The third-order valence-corrected chi connectivity index (χ3v) is 8.31. The highest BCUT2D eigenvalue weighted by Gasteiger charge is 2.21. The van der Waals surface area contributed by atoms with Gasteiger partial charge in [-0.15, -0.1) is 0 Å². The second kappa shape index (κ2) is 11.0. The maximum atomic E-state index is 12.7. The van der Waals surface area contributed by atoms with Crippen LogP contribution in [0.25, 0.3) is 22.5 Å². The molecule has 4 aromatic rings. The zero-order valence-electron chi connectivity index (χ0n) is 18.4.